The van der Waals surface area contributed by atoms with Crippen molar-refractivity contribution < 1.29 is 27.5 Å². The van der Waals surface area contributed by atoms with Crippen molar-refractivity contribution in [3.8, 4) is 11.5 Å². The van der Waals surface area contributed by atoms with Crippen molar-refractivity contribution in [2.45, 2.75) is 49.5 Å². The molecule has 0 unspecified atom stereocenters. The van der Waals surface area contributed by atoms with Crippen molar-refractivity contribution in [3.05, 3.63) is 18.2 Å². The van der Waals surface area contributed by atoms with Crippen molar-refractivity contribution in [2.75, 3.05) is 46.1 Å². The van der Waals surface area contributed by atoms with Crippen molar-refractivity contribution >= 4 is 22.0 Å². The maximum Gasteiger partial charge on any atom is 0.326 e. The SMILES string of the molecule is C[C@H]1CCCC[C@]12NC(=O)N(CN1CCN(S(=O)(=O)c3ccc4c(c3)OCCCO4)CC1)C2=O. The van der Waals surface area contributed by atoms with Crippen molar-refractivity contribution in [3.63, 3.8) is 0 Å². The molecule has 11 heteroatoms. The third-order valence-electron chi connectivity index (χ3n) is 7.53. The first-order chi connectivity index (χ1) is 16.3. The second-order valence-electron chi connectivity index (χ2n) is 9.60. The molecular weight excluding hydrogens is 460 g/mol. The fraction of sp³-hybridized carbons (Fsp3) is 0.652. The van der Waals surface area contributed by atoms with Gasteiger partial charge in [0.1, 0.15) is 5.54 Å². The van der Waals surface area contributed by atoms with E-state index in [0.29, 0.717) is 44.2 Å². The Labute approximate surface area is 200 Å². The lowest BCUT2D eigenvalue weighted by Crippen LogP contribution is -2.55. The molecule has 1 N–H and O–H groups in total. The average molecular weight is 493 g/mol. The van der Waals surface area contributed by atoms with Gasteiger partial charge in [-0.1, -0.05) is 19.8 Å². The number of imide groups is 1. The van der Waals surface area contributed by atoms with Crippen LogP contribution in [0.2, 0.25) is 0 Å². The number of hydrogen-bond donors (Lipinski definition) is 1. The van der Waals surface area contributed by atoms with E-state index in [1.807, 2.05) is 11.8 Å². The van der Waals surface area contributed by atoms with E-state index in [2.05, 4.69) is 5.32 Å². The van der Waals surface area contributed by atoms with E-state index in [-0.39, 0.29) is 42.5 Å². The van der Waals surface area contributed by atoms with Gasteiger partial charge in [0.15, 0.2) is 11.5 Å². The maximum absolute atomic E-state index is 13.2. The predicted octanol–water partition coefficient (Wildman–Crippen LogP) is 1.61. The van der Waals surface area contributed by atoms with Gasteiger partial charge in [-0.3, -0.25) is 9.69 Å². The highest BCUT2D eigenvalue weighted by Gasteiger charge is 2.55. The van der Waals surface area contributed by atoms with Gasteiger partial charge in [0.2, 0.25) is 10.0 Å². The van der Waals surface area contributed by atoms with Gasteiger partial charge in [-0.2, -0.15) is 4.31 Å². The van der Waals surface area contributed by atoms with E-state index >= 15 is 0 Å². The van der Waals surface area contributed by atoms with Crippen molar-refractivity contribution in [1.29, 1.82) is 0 Å². The molecule has 3 heterocycles. The molecule has 34 heavy (non-hydrogen) atoms. The first-order valence-corrected chi connectivity index (χ1v) is 13.5. The second kappa shape index (κ2) is 9.01. The smallest absolute Gasteiger partial charge is 0.326 e. The van der Waals surface area contributed by atoms with Crippen LogP contribution in [0.1, 0.15) is 39.0 Å². The highest BCUT2D eigenvalue weighted by atomic mass is 32.2. The molecule has 1 spiro atoms. The molecule has 0 aromatic heterocycles. The number of benzene rings is 1. The van der Waals surface area contributed by atoms with Crippen LogP contribution in [0.3, 0.4) is 0 Å². The minimum atomic E-state index is -3.70. The van der Waals surface area contributed by atoms with Crippen LogP contribution >= 0.6 is 0 Å². The normalized spacial score (nSPS) is 28.7. The number of ether oxygens (including phenoxy) is 2. The van der Waals surface area contributed by atoms with Gasteiger partial charge in [0.25, 0.3) is 5.91 Å². The number of urea groups is 1. The van der Waals surface area contributed by atoms with E-state index in [4.69, 9.17) is 9.47 Å². The summed E-state index contributed by atoms with van der Waals surface area (Å²) in [6.45, 7) is 4.66. The molecule has 1 aliphatic carbocycles. The van der Waals surface area contributed by atoms with Crippen molar-refractivity contribution in [1.82, 2.24) is 19.4 Å². The van der Waals surface area contributed by atoms with Gasteiger partial charge in [-0.05, 0) is 30.9 Å². The monoisotopic (exact) mass is 492 g/mol. The summed E-state index contributed by atoms with van der Waals surface area (Å²) in [5.41, 5.74) is -0.780. The summed E-state index contributed by atoms with van der Waals surface area (Å²) in [6, 6.07) is 4.37. The Kier molecular flexibility index (Phi) is 6.19. The molecule has 10 nitrogen and oxygen atoms in total. The zero-order chi connectivity index (χ0) is 23.9. The summed E-state index contributed by atoms with van der Waals surface area (Å²) in [6.07, 6.45) is 4.36. The fourth-order valence-electron chi connectivity index (χ4n) is 5.39. The van der Waals surface area contributed by atoms with Crippen LogP contribution in [-0.2, 0) is 14.8 Å². The molecule has 1 saturated carbocycles. The highest BCUT2D eigenvalue weighted by Crippen LogP contribution is 2.38. The maximum atomic E-state index is 13.2. The minimum absolute atomic E-state index is 0.111. The lowest BCUT2D eigenvalue weighted by atomic mass is 9.73. The van der Waals surface area contributed by atoms with Crippen LogP contribution < -0.4 is 14.8 Å². The van der Waals surface area contributed by atoms with Crippen LogP contribution in [-0.4, -0.2) is 86.1 Å². The molecule has 3 amide bonds. The van der Waals surface area contributed by atoms with Crippen LogP contribution in [0.15, 0.2) is 23.1 Å². The van der Waals surface area contributed by atoms with Crippen LogP contribution in [0.25, 0.3) is 0 Å². The topological polar surface area (TPSA) is 108 Å². The number of nitrogens with zero attached hydrogens (tertiary/aromatic N) is 3. The molecule has 5 rings (SSSR count). The van der Waals surface area contributed by atoms with Gasteiger partial charge < -0.3 is 14.8 Å². The number of carbonyl (C=O) groups is 2. The van der Waals surface area contributed by atoms with Crippen LogP contribution in [0.4, 0.5) is 4.79 Å². The van der Waals surface area contributed by atoms with Crippen molar-refractivity contribution in [2.24, 2.45) is 5.92 Å². The molecule has 186 valence electrons. The number of nitrogens with one attached hydrogen (secondary N) is 1. The lowest BCUT2D eigenvalue weighted by molar-refractivity contribution is -0.135. The number of amides is 3. The van der Waals surface area contributed by atoms with Gasteiger partial charge in [-0.15, -0.1) is 0 Å². The Hall–Kier alpha value is -2.37. The number of sulfonamides is 1. The third-order valence-corrected chi connectivity index (χ3v) is 9.43. The van der Waals surface area contributed by atoms with E-state index in [9.17, 15) is 18.0 Å². The number of piperazine rings is 1. The molecular formula is C23H32N4O6S. The fourth-order valence-corrected chi connectivity index (χ4v) is 6.83. The first-order valence-electron chi connectivity index (χ1n) is 12.1. The van der Waals surface area contributed by atoms with E-state index < -0.39 is 15.6 Å². The quantitative estimate of drug-likeness (QED) is 0.636. The third kappa shape index (κ3) is 4.03. The van der Waals surface area contributed by atoms with Crippen LogP contribution in [0, 0.1) is 5.92 Å². The summed E-state index contributed by atoms with van der Waals surface area (Å²) < 4.78 is 39.2. The number of rotatable bonds is 4. The Balaban J connectivity index is 1.22. The molecule has 0 bridgehead atoms. The minimum Gasteiger partial charge on any atom is -0.490 e. The van der Waals surface area contributed by atoms with Crippen LogP contribution in [0.5, 0.6) is 11.5 Å². The Morgan fingerprint density at radius 2 is 1.76 bits per heavy atom. The predicted molar refractivity (Wildman–Crippen MR) is 123 cm³/mol. The van der Waals surface area contributed by atoms with E-state index in [1.165, 1.54) is 15.3 Å². The standard InChI is InChI=1S/C23H32N4O6S/c1-17-5-2-3-8-23(17)21(28)27(22(29)24-23)16-25-9-11-26(12-10-25)34(30,31)18-6-7-19-20(15-18)33-14-4-13-32-19/h6-7,15,17H,2-5,8-14,16H2,1H3,(H,24,29)/t17-,23-/m0/s1. The Bertz CT molecular complexity index is 1070. The summed E-state index contributed by atoms with van der Waals surface area (Å²) in [7, 11) is -3.70. The largest absolute Gasteiger partial charge is 0.490 e. The first kappa shape index (κ1) is 23.4. The summed E-state index contributed by atoms with van der Waals surface area (Å²) in [5, 5.41) is 2.97. The van der Waals surface area contributed by atoms with E-state index in [0.717, 1.165) is 25.7 Å². The zero-order valence-electron chi connectivity index (χ0n) is 19.5. The molecule has 2 saturated heterocycles. The molecule has 2 atom stereocenters. The molecule has 3 aliphatic heterocycles. The number of carbonyl (C=O) groups excluding carboxylic acids is 2. The Morgan fingerprint density at radius 3 is 2.50 bits per heavy atom. The molecule has 1 aromatic rings. The summed E-state index contributed by atoms with van der Waals surface area (Å²) in [5.74, 6) is 0.966. The molecule has 3 fully saturated rings. The summed E-state index contributed by atoms with van der Waals surface area (Å²) >= 11 is 0. The zero-order valence-corrected chi connectivity index (χ0v) is 20.3. The second-order valence-corrected chi connectivity index (χ2v) is 11.5. The van der Waals surface area contributed by atoms with E-state index in [1.54, 1.807) is 12.1 Å². The average Bonchev–Trinajstić information content (AvgIpc) is 2.99. The van der Waals surface area contributed by atoms with Gasteiger partial charge >= 0.3 is 6.03 Å². The molecule has 0 radical (unpaired) electrons. The molecule has 4 aliphatic rings. The van der Waals surface area contributed by atoms with Gasteiger partial charge in [0, 0.05) is 38.7 Å². The molecule has 1 aromatic carbocycles. The van der Waals surface area contributed by atoms with Gasteiger partial charge in [-0.25, -0.2) is 18.1 Å². The van der Waals surface area contributed by atoms with Gasteiger partial charge in [0.05, 0.1) is 24.8 Å². The highest BCUT2D eigenvalue weighted by molar-refractivity contribution is 7.89. The number of fused-ring (bicyclic) bond motifs is 1. The summed E-state index contributed by atoms with van der Waals surface area (Å²) in [4.78, 5) is 29.3. The lowest BCUT2D eigenvalue weighted by Gasteiger charge is -2.38. The number of hydrogen-bond acceptors (Lipinski definition) is 7. The Morgan fingerprint density at radius 1 is 1.03 bits per heavy atom.